The Balaban J connectivity index is 1.84. The van der Waals surface area contributed by atoms with E-state index in [0.717, 1.165) is 17.5 Å². The van der Waals surface area contributed by atoms with Crippen molar-refractivity contribution >= 4 is 5.82 Å². The average molecular weight is 377 g/mol. The lowest BCUT2D eigenvalue weighted by Crippen LogP contribution is -2.13. The number of hydrogen-bond donors (Lipinski definition) is 1. The number of nitrogens with one attached hydrogen (secondary N) is 1. The second kappa shape index (κ2) is 7.26. The summed E-state index contributed by atoms with van der Waals surface area (Å²) in [6, 6.07) is 5.75. The summed E-state index contributed by atoms with van der Waals surface area (Å²) >= 11 is 0. The number of nitrogens with zero attached hydrogens (tertiary/aromatic N) is 4. The van der Waals surface area contributed by atoms with Crippen molar-refractivity contribution < 1.29 is 17.9 Å². The second-order valence-electron chi connectivity index (χ2n) is 5.98. The molecule has 0 unspecified atom stereocenters. The number of aromatic nitrogens is 4. The van der Waals surface area contributed by atoms with Crippen molar-refractivity contribution in [1.82, 2.24) is 19.7 Å². The monoisotopic (exact) mass is 377 g/mol. The van der Waals surface area contributed by atoms with Gasteiger partial charge in [-0.1, -0.05) is 6.07 Å². The molecule has 3 rings (SSSR count). The first-order valence-electron chi connectivity index (χ1n) is 8.11. The third kappa shape index (κ3) is 4.18. The van der Waals surface area contributed by atoms with E-state index >= 15 is 0 Å². The van der Waals surface area contributed by atoms with E-state index in [1.165, 1.54) is 25.4 Å². The van der Waals surface area contributed by atoms with Crippen molar-refractivity contribution in [3.05, 3.63) is 59.2 Å². The number of methoxy groups -OCH3 is 1. The third-order valence-electron chi connectivity index (χ3n) is 3.93. The molecule has 0 aliphatic carbocycles. The molecule has 0 atom stereocenters. The smallest absolute Gasteiger partial charge is 0.416 e. The number of alkyl halides is 3. The van der Waals surface area contributed by atoms with Crippen LogP contribution in [-0.2, 0) is 12.7 Å². The number of halogens is 3. The van der Waals surface area contributed by atoms with E-state index in [2.05, 4.69) is 20.4 Å². The molecule has 142 valence electrons. The Morgan fingerprint density at radius 3 is 2.56 bits per heavy atom. The fourth-order valence-electron chi connectivity index (χ4n) is 2.69. The summed E-state index contributed by atoms with van der Waals surface area (Å²) in [5.74, 6) is 0.984. The second-order valence-corrected chi connectivity index (χ2v) is 5.98. The molecule has 9 heteroatoms. The van der Waals surface area contributed by atoms with Crippen molar-refractivity contribution in [2.75, 3.05) is 12.4 Å². The van der Waals surface area contributed by atoms with Gasteiger partial charge < -0.3 is 10.1 Å². The van der Waals surface area contributed by atoms with Gasteiger partial charge in [0.05, 0.1) is 30.8 Å². The van der Waals surface area contributed by atoms with Crippen LogP contribution in [-0.4, -0.2) is 26.9 Å². The maximum atomic E-state index is 13.3. The Hall–Kier alpha value is -3.10. The Morgan fingerprint density at radius 2 is 1.93 bits per heavy atom. The Bertz CT molecular complexity index is 952. The number of rotatable bonds is 5. The van der Waals surface area contributed by atoms with Crippen molar-refractivity contribution in [1.29, 1.82) is 0 Å². The largest absolute Gasteiger partial charge is 0.497 e. The molecular formula is C18H18F3N5O. The highest BCUT2D eigenvalue weighted by atomic mass is 19.4. The molecule has 6 nitrogen and oxygen atoms in total. The highest BCUT2D eigenvalue weighted by Crippen LogP contribution is 2.34. The molecule has 3 aromatic rings. The maximum Gasteiger partial charge on any atom is 0.416 e. The van der Waals surface area contributed by atoms with E-state index in [0.29, 0.717) is 11.6 Å². The molecule has 0 amide bonds. The van der Waals surface area contributed by atoms with Gasteiger partial charge in [0.2, 0.25) is 0 Å². The topological polar surface area (TPSA) is 64.9 Å². The SMILES string of the molecule is COc1ccc(CNc2cncc(-n3nc(C)cc3C)n2)c(C(F)(F)F)c1. The first kappa shape index (κ1) is 18.7. The molecule has 0 saturated heterocycles. The lowest BCUT2D eigenvalue weighted by atomic mass is 10.1. The van der Waals surface area contributed by atoms with Gasteiger partial charge in [-0.15, -0.1) is 0 Å². The van der Waals surface area contributed by atoms with Crippen molar-refractivity contribution in [3.8, 4) is 11.6 Å². The standard InChI is InChI=1S/C18H18F3N5O/c1-11-6-12(2)26(25-11)17-10-22-9-16(24-17)23-8-13-4-5-14(27-3)7-15(13)18(19,20)21/h4-7,9-10H,8H2,1-3H3,(H,23,24). The van der Waals surface area contributed by atoms with E-state index in [1.54, 1.807) is 10.9 Å². The summed E-state index contributed by atoms with van der Waals surface area (Å²) < 4.78 is 46.4. The van der Waals surface area contributed by atoms with Crippen LogP contribution < -0.4 is 10.1 Å². The first-order chi connectivity index (χ1) is 12.8. The van der Waals surface area contributed by atoms with E-state index in [1.807, 2.05) is 19.9 Å². The van der Waals surface area contributed by atoms with E-state index in [-0.39, 0.29) is 17.9 Å². The van der Waals surface area contributed by atoms with Gasteiger partial charge in [-0.25, -0.2) is 9.67 Å². The predicted molar refractivity (Wildman–Crippen MR) is 94.0 cm³/mol. The summed E-state index contributed by atoms with van der Waals surface area (Å²) in [6.07, 6.45) is -1.49. The Kier molecular flexibility index (Phi) is 5.02. The zero-order valence-corrected chi connectivity index (χ0v) is 15.0. The van der Waals surface area contributed by atoms with Gasteiger partial charge in [0, 0.05) is 12.2 Å². The Morgan fingerprint density at radius 1 is 1.15 bits per heavy atom. The molecule has 0 radical (unpaired) electrons. The lowest BCUT2D eigenvalue weighted by molar-refractivity contribution is -0.138. The van der Waals surface area contributed by atoms with Crippen LogP contribution in [0.1, 0.15) is 22.5 Å². The van der Waals surface area contributed by atoms with Crippen molar-refractivity contribution in [2.24, 2.45) is 0 Å². The maximum absolute atomic E-state index is 13.3. The van der Waals surface area contributed by atoms with E-state index in [9.17, 15) is 13.2 Å². The number of hydrogen-bond acceptors (Lipinski definition) is 5. The molecule has 0 spiro atoms. The summed E-state index contributed by atoms with van der Waals surface area (Å²) in [6.45, 7) is 3.68. The summed E-state index contributed by atoms with van der Waals surface area (Å²) in [5.41, 5.74) is 1.05. The molecule has 0 saturated carbocycles. The van der Waals surface area contributed by atoms with Gasteiger partial charge in [0.1, 0.15) is 11.6 Å². The molecule has 2 heterocycles. The number of benzene rings is 1. The molecule has 0 aliphatic heterocycles. The summed E-state index contributed by atoms with van der Waals surface area (Å²) in [5, 5.41) is 7.22. The van der Waals surface area contributed by atoms with Gasteiger partial charge in [-0.3, -0.25) is 4.98 Å². The minimum absolute atomic E-state index is 0.0614. The van der Waals surface area contributed by atoms with Crippen LogP contribution >= 0.6 is 0 Å². The molecule has 0 bridgehead atoms. The fraction of sp³-hybridized carbons (Fsp3) is 0.278. The van der Waals surface area contributed by atoms with Crippen LogP contribution in [0.4, 0.5) is 19.0 Å². The molecule has 27 heavy (non-hydrogen) atoms. The fourth-order valence-corrected chi connectivity index (χ4v) is 2.69. The number of anilines is 1. The minimum atomic E-state index is -4.48. The third-order valence-corrected chi connectivity index (χ3v) is 3.93. The van der Waals surface area contributed by atoms with Crippen LogP contribution in [0.3, 0.4) is 0 Å². The van der Waals surface area contributed by atoms with Crippen molar-refractivity contribution in [3.63, 3.8) is 0 Å². The number of ether oxygens (including phenoxy) is 1. The molecule has 1 N–H and O–H groups in total. The average Bonchev–Trinajstić information content (AvgIpc) is 2.97. The van der Waals surface area contributed by atoms with Crippen LogP contribution in [0.2, 0.25) is 0 Å². The zero-order chi connectivity index (χ0) is 19.6. The van der Waals surface area contributed by atoms with Crippen LogP contribution in [0.15, 0.2) is 36.7 Å². The quantitative estimate of drug-likeness (QED) is 0.730. The molecule has 1 aromatic carbocycles. The lowest BCUT2D eigenvalue weighted by Gasteiger charge is -2.15. The van der Waals surface area contributed by atoms with Crippen LogP contribution in [0, 0.1) is 13.8 Å². The van der Waals surface area contributed by atoms with Gasteiger partial charge in [0.25, 0.3) is 0 Å². The molecular weight excluding hydrogens is 359 g/mol. The molecule has 0 fully saturated rings. The highest BCUT2D eigenvalue weighted by Gasteiger charge is 2.33. The first-order valence-corrected chi connectivity index (χ1v) is 8.11. The highest BCUT2D eigenvalue weighted by molar-refractivity contribution is 5.42. The van der Waals surface area contributed by atoms with Gasteiger partial charge in [-0.05, 0) is 37.6 Å². The van der Waals surface area contributed by atoms with Gasteiger partial charge >= 0.3 is 6.18 Å². The minimum Gasteiger partial charge on any atom is -0.497 e. The van der Waals surface area contributed by atoms with Crippen LogP contribution in [0.5, 0.6) is 5.75 Å². The summed E-state index contributed by atoms with van der Waals surface area (Å²) in [7, 11) is 1.33. The zero-order valence-electron chi connectivity index (χ0n) is 15.0. The van der Waals surface area contributed by atoms with Gasteiger partial charge in [-0.2, -0.15) is 18.3 Å². The van der Waals surface area contributed by atoms with E-state index < -0.39 is 11.7 Å². The predicted octanol–water partition coefficient (Wildman–Crippen LogP) is 3.92. The molecule has 2 aromatic heterocycles. The van der Waals surface area contributed by atoms with Crippen LogP contribution in [0.25, 0.3) is 5.82 Å². The normalized spacial score (nSPS) is 11.5. The summed E-state index contributed by atoms with van der Waals surface area (Å²) in [4.78, 5) is 8.47. The number of aryl methyl sites for hydroxylation is 2. The van der Waals surface area contributed by atoms with E-state index in [4.69, 9.17) is 4.74 Å². The Labute approximate surface area is 154 Å². The molecule has 0 aliphatic rings. The van der Waals surface area contributed by atoms with Gasteiger partial charge in [0.15, 0.2) is 5.82 Å². The van der Waals surface area contributed by atoms with Crippen molar-refractivity contribution in [2.45, 2.75) is 26.6 Å².